The first-order valence-corrected chi connectivity index (χ1v) is 7.50. The molecule has 1 unspecified atom stereocenters. The molecule has 2 heteroatoms. The van der Waals surface area contributed by atoms with E-state index < -0.39 is 0 Å². The van der Waals surface area contributed by atoms with Crippen LogP contribution in [-0.4, -0.2) is 13.6 Å². The van der Waals surface area contributed by atoms with Gasteiger partial charge in [-0.15, -0.1) is 0 Å². The summed E-state index contributed by atoms with van der Waals surface area (Å²) < 4.78 is 13.5. The molecular weight excluding hydrogens is 261 g/mol. The molecule has 112 valence electrons. The van der Waals surface area contributed by atoms with Crippen molar-refractivity contribution in [2.45, 2.75) is 33.1 Å². The minimum absolute atomic E-state index is 0.133. The Hall–Kier alpha value is -1.67. The number of nitrogens with one attached hydrogen (secondary N) is 1. The predicted octanol–water partition coefficient (Wildman–Crippen LogP) is 4.49. The number of aryl methyl sites for hydroxylation is 3. The van der Waals surface area contributed by atoms with E-state index in [1.165, 1.54) is 22.3 Å². The van der Waals surface area contributed by atoms with E-state index in [4.69, 9.17) is 0 Å². The van der Waals surface area contributed by atoms with Crippen molar-refractivity contribution in [2.75, 3.05) is 13.6 Å². The van der Waals surface area contributed by atoms with Crippen LogP contribution in [0.2, 0.25) is 0 Å². The van der Waals surface area contributed by atoms with Crippen molar-refractivity contribution >= 4 is 0 Å². The van der Waals surface area contributed by atoms with Gasteiger partial charge in [-0.2, -0.15) is 0 Å². The fourth-order valence-electron chi connectivity index (χ4n) is 2.68. The van der Waals surface area contributed by atoms with Crippen molar-refractivity contribution in [3.63, 3.8) is 0 Å². The number of halogens is 1. The third-order valence-electron chi connectivity index (χ3n) is 4.20. The molecule has 1 N–H and O–H groups in total. The van der Waals surface area contributed by atoms with E-state index in [0.717, 1.165) is 13.0 Å². The molecule has 0 aliphatic rings. The average Bonchev–Trinajstić information content (AvgIpc) is 2.46. The standard InChI is InChI=1S/C19H24FN/c1-13-5-6-16(11-14(13)2)18(9-10-21-4)17-7-8-19(20)15(3)12-17/h5-8,11-12,18,21H,9-10H2,1-4H3. The molecule has 1 atom stereocenters. The van der Waals surface area contributed by atoms with Crippen LogP contribution in [-0.2, 0) is 0 Å². The molecule has 2 aromatic rings. The van der Waals surface area contributed by atoms with E-state index in [1.807, 2.05) is 26.1 Å². The summed E-state index contributed by atoms with van der Waals surface area (Å²) in [6.07, 6.45) is 1.00. The summed E-state index contributed by atoms with van der Waals surface area (Å²) in [5.41, 5.74) is 5.82. The zero-order chi connectivity index (χ0) is 15.4. The van der Waals surface area contributed by atoms with Gasteiger partial charge in [0.05, 0.1) is 0 Å². The van der Waals surface area contributed by atoms with Gasteiger partial charge in [0.2, 0.25) is 0 Å². The molecule has 0 saturated heterocycles. The van der Waals surface area contributed by atoms with E-state index >= 15 is 0 Å². The highest BCUT2D eigenvalue weighted by Gasteiger charge is 2.15. The SMILES string of the molecule is CNCCC(c1ccc(C)c(C)c1)c1ccc(F)c(C)c1. The third-order valence-corrected chi connectivity index (χ3v) is 4.20. The van der Waals surface area contributed by atoms with E-state index in [0.29, 0.717) is 11.5 Å². The molecule has 0 saturated carbocycles. The number of rotatable bonds is 5. The van der Waals surface area contributed by atoms with Gasteiger partial charge in [-0.25, -0.2) is 4.39 Å². The Bertz CT molecular complexity index is 567. The van der Waals surface area contributed by atoms with Gasteiger partial charge in [0, 0.05) is 5.92 Å². The van der Waals surface area contributed by atoms with E-state index in [9.17, 15) is 4.39 Å². The second-order valence-corrected chi connectivity index (χ2v) is 5.80. The van der Waals surface area contributed by atoms with Crippen LogP contribution in [0.5, 0.6) is 0 Å². The largest absolute Gasteiger partial charge is 0.320 e. The Morgan fingerprint density at radius 1 is 0.905 bits per heavy atom. The molecule has 2 aromatic carbocycles. The second-order valence-electron chi connectivity index (χ2n) is 5.80. The monoisotopic (exact) mass is 285 g/mol. The fraction of sp³-hybridized carbons (Fsp3) is 0.368. The minimum Gasteiger partial charge on any atom is -0.320 e. The Kier molecular flexibility index (Phi) is 5.13. The number of hydrogen-bond acceptors (Lipinski definition) is 1. The highest BCUT2D eigenvalue weighted by molar-refractivity contribution is 5.39. The van der Waals surface area contributed by atoms with Gasteiger partial charge >= 0.3 is 0 Å². The molecule has 21 heavy (non-hydrogen) atoms. The maximum absolute atomic E-state index is 13.5. The summed E-state index contributed by atoms with van der Waals surface area (Å²) in [7, 11) is 1.97. The molecule has 0 bridgehead atoms. The molecule has 1 nitrogen and oxygen atoms in total. The highest BCUT2D eigenvalue weighted by atomic mass is 19.1. The van der Waals surface area contributed by atoms with Crippen LogP contribution in [0.25, 0.3) is 0 Å². The van der Waals surface area contributed by atoms with Crippen molar-refractivity contribution in [1.29, 1.82) is 0 Å². The molecule has 0 aromatic heterocycles. The Morgan fingerprint density at radius 3 is 2.10 bits per heavy atom. The molecule has 0 amide bonds. The third kappa shape index (κ3) is 3.70. The van der Waals surface area contributed by atoms with Gasteiger partial charge in [0.15, 0.2) is 0 Å². The Balaban J connectivity index is 2.41. The first-order chi connectivity index (χ1) is 10.0. The van der Waals surface area contributed by atoms with Gasteiger partial charge in [0.25, 0.3) is 0 Å². The van der Waals surface area contributed by atoms with Crippen LogP contribution in [0.4, 0.5) is 4.39 Å². The van der Waals surface area contributed by atoms with Crippen LogP contribution >= 0.6 is 0 Å². The molecule has 0 radical (unpaired) electrons. The van der Waals surface area contributed by atoms with E-state index in [2.05, 4.69) is 37.4 Å². The quantitative estimate of drug-likeness (QED) is 0.853. The summed E-state index contributed by atoms with van der Waals surface area (Å²) in [5.74, 6) is 0.169. The lowest BCUT2D eigenvalue weighted by molar-refractivity contribution is 0.613. The van der Waals surface area contributed by atoms with E-state index in [1.54, 1.807) is 6.07 Å². The van der Waals surface area contributed by atoms with Gasteiger partial charge in [0.1, 0.15) is 5.82 Å². The summed E-state index contributed by atoms with van der Waals surface area (Å²) in [4.78, 5) is 0. The summed E-state index contributed by atoms with van der Waals surface area (Å²) in [6.45, 7) is 7.04. The summed E-state index contributed by atoms with van der Waals surface area (Å²) in [6, 6.07) is 12.1. The normalized spacial score (nSPS) is 12.4. The Morgan fingerprint density at radius 2 is 1.52 bits per heavy atom. The first-order valence-electron chi connectivity index (χ1n) is 7.50. The lowest BCUT2D eigenvalue weighted by Gasteiger charge is -2.20. The molecule has 2 rings (SSSR count). The molecular formula is C19H24FN. The minimum atomic E-state index is -0.133. The lowest BCUT2D eigenvalue weighted by atomic mass is 9.86. The topological polar surface area (TPSA) is 12.0 Å². The number of hydrogen-bond donors (Lipinski definition) is 1. The average molecular weight is 285 g/mol. The zero-order valence-electron chi connectivity index (χ0n) is 13.3. The van der Waals surface area contributed by atoms with Crippen molar-refractivity contribution in [2.24, 2.45) is 0 Å². The lowest BCUT2D eigenvalue weighted by Crippen LogP contribution is -2.13. The molecule has 0 spiro atoms. The van der Waals surface area contributed by atoms with Gasteiger partial charge in [-0.05, 0) is 74.7 Å². The van der Waals surface area contributed by atoms with Crippen LogP contribution < -0.4 is 5.32 Å². The highest BCUT2D eigenvalue weighted by Crippen LogP contribution is 2.30. The van der Waals surface area contributed by atoms with Crippen molar-refractivity contribution in [3.05, 3.63) is 70.0 Å². The van der Waals surface area contributed by atoms with Crippen LogP contribution in [0.15, 0.2) is 36.4 Å². The fourth-order valence-corrected chi connectivity index (χ4v) is 2.68. The van der Waals surface area contributed by atoms with Crippen molar-refractivity contribution < 1.29 is 4.39 Å². The van der Waals surface area contributed by atoms with Crippen LogP contribution in [0, 0.1) is 26.6 Å². The zero-order valence-corrected chi connectivity index (χ0v) is 13.3. The summed E-state index contributed by atoms with van der Waals surface area (Å²) >= 11 is 0. The molecule has 0 aliphatic heterocycles. The molecule has 0 aliphatic carbocycles. The maximum atomic E-state index is 13.5. The predicted molar refractivity (Wildman–Crippen MR) is 87.4 cm³/mol. The van der Waals surface area contributed by atoms with Gasteiger partial charge in [-0.3, -0.25) is 0 Å². The molecule has 0 heterocycles. The van der Waals surface area contributed by atoms with E-state index in [-0.39, 0.29) is 5.82 Å². The first kappa shape index (κ1) is 15.7. The smallest absolute Gasteiger partial charge is 0.126 e. The number of benzene rings is 2. The van der Waals surface area contributed by atoms with Crippen molar-refractivity contribution in [3.8, 4) is 0 Å². The van der Waals surface area contributed by atoms with Crippen LogP contribution in [0.3, 0.4) is 0 Å². The maximum Gasteiger partial charge on any atom is 0.126 e. The second kappa shape index (κ2) is 6.86. The summed E-state index contributed by atoms with van der Waals surface area (Å²) in [5, 5.41) is 3.22. The van der Waals surface area contributed by atoms with Gasteiger partial charge < -0.3 is 5.32 Å². The van der Waals surface area contributed by atoms with Crippen molar-refractivity contribution in [1.82, 2.24) is 5.32 Å². The van der Waals surface area contributed by atoms with Gasteiger partial charge in [-0.1, -0.05) is 30.3 Å². The molecule has 0 fully saturated rings. The van der Waals surface area contributed by atoms with Crippen LogP contribution in [0.1, 0.15) is 40.2 Å². The Labute approximate surface area is 127 Å².